The molecule has 0 aliphatic heterocycles. The minimum atomic E-state index is -0.252. The molecule has 1 atom stereocenters. The summed E-state index contributed by atoms with van der Waals surface area (Å²) in [5.41, 5.74) is 0.296. The van der Waals surface area contributed by atoms with Crippen LogP contribution < -0.4 is 29.0 Å². The van der Waals surface area contributed by atoms with Crippen molar-refractivity contribution in [3.05, 3.63) is 35.9 Å². The van der Waals surface area contributed by atoms with Crippen LogP contribution in [0.25, 0.3) is 0 Å². The zero-order valence-corrected chi connectivity index (χ0v) is 22.7. The van der Waals surface area contributed by atoms with Gasteiger partial charge in [0, 0.05) is 12.1 Å². The van der Waals surface area contributed by atoms with Crippen molar-refractivity contribution in [3.8, 4) is 28.7 Å². The molecule has 0 bridgehead atoms. The summed E-state index contributed by atoms with van der Waals surface area (Å²) >= 11 is 0. The van der Waals surface area contributed by atoms with Crippen LogP contribution >= 0.6 is 8.58 Å². The predicted octanol–water partition coefficient (Wildman–Crippen LogP) is 5.30. The summed E-state index contributed by atoms with van der Waals surface area (Å²) in [4.78, 5) is 13.6. The second-order valence-electron chi connectivity index (χ2n) is 9.40. The van der Waals surface area contributed by atoms with Crippen LogP contribution in [0.4, 0.5) is 0 Å². The zero-order valence-electron chi connectivity index (χ0n) is 21.7. The molecule has 0 heterocycles. The molecule has 35 heavy (non-hydrogen) atoms. The number of rotatable bonds is 14. The van der Waals surface area contributed by atoms with E-state index in [9.17, 15) is 4.79 Å². The van der Waals surface area contributed by atoms with E-state index in [0.29, 0.717) is 71.9 Å². The van der Waals surface area contributed by atoms with Gasteiger partial charge < -0.3 is 23.7 Å². The van der Waals surface area contributed by atoms with E-state index < -0.39 is 0 Å². The SMILES string of the molecule is COc1cccc(OC)c1C(=O)Pc1c(OCC(C)C)cc(OCC(C)C)cc1OCC(C)C.[LiH]. The third-order valence-corrected chi connectivity index (χ3v) is 5.88. The van der Waals surface area contributed by atoms with Crippen LogP contribution in [0, 0.1) is 17.8 Å². The molecule has 0 fully saturated rings. The number of carbonyl (C=O) groups excluding carboxylic acids is 1. The summed E-state index contributed by atoms with van der Waals surface area (Å²) in [6.07, 6.45) is 0. The summed E-state index contributed by atoms with van der Waals surface area (Å²) in [6.45, 7) is 14.1. The average molecular weight is 499 g/mol. The first-order chi connectivity index (χ1) is 16.2. The fourth-order valence-electron chi connectivity index (χ4n) is 3.03. The quantitative estimate of drug-likeness (QED) is 0.260. The number of hydrogen-bond acceptors (Lipinski definition) is 6. The summed E-state index contributed by atoms with van der Waals surface area (Å²) in [5.74, 6) is 3.85. The predicted molar refractivity (Wildman–Crippen MR) is 146 cm³/mol. The Morgan fingerprint density at radius 1 is 0.743 bits per heavy atom. The molecular weight excluding hydrogens is 458 g/mol. The zero-order chi connectivity index (χ0) is 25.3. The molecule has 0 aliphatic carbocycles. The Morgan fingerprint density at radius 2 is 1.17 bits per heavy atom. The van der Waals surface area contributed by atoms with E-state index in [1.165, 1.54) is 0 Å². The summed E-state index contributed by atoms with van der Waals surface area (Å²) in [6, 6.07) is 9.04. The molecule has 0 spiro atoms. The third-order valence-electron chi connectivity index (χ3n) is 4.66. The van der Waals surface area contributed by atoms with Crippen LogP contribution in [0.3, 0.4) is 0 Å². The normalized spacial score (nSPS) is 11.2. The molecule has 0 radical (unpaired) electrons. The van der Waals surface area contributed by atoms with Crippen molar-refractivity contribution in [2.45, 2.75) is 41.5 Å². The maximum absolute atomic E-state index is 13.6. The Morgan fingerprint density at radius 3 is 1.57 bits per heavy atom. The van der Waals surface area contributed by atoms with Gasteiger partial charge in [-0.05, 0) is 38.5 Å². The van der Waals surface area contributed by atoms with Crippen molar-refractivity contribution >= 4 is 38.3 Å². The standard InChI is InChI=1S/C27H39O6P.Li.H/c1-17(2)14-31-20-12-23(32-15-18(3)4)26(24(13-20)33-16-19(5)6)34-27(28)25-21(29-7)10-9-11-22(25)30-8;;/h9-13,17-19,34H,14-16H2,1-8H3;;. The van der Waals surface area contributed by atoms with Crippen molar-refractivity contribution in [2.24, 2.45) is 17.8 Å². The van der Waals surface area contributed by atoms with E-state index >= 15 is 0 Å². The molecule has 2 aromatic carbocycles. The Bertz CT molecular complexity index is 890. The fraction of sp³-hybridized carbons (Fsp3) is 0.519. The first-order valence-electron chi connectivity index (χ1n) is 11.7. The molecule has 2 aromatic rings. The van der Waals surface area contributed by atoms with Crippen LogP contribution in [-0.4, -0.2) is 58.4 Å². The molecule has 8 heteroatoms. The van der Waals surface area contributed by atoms with E-state index in [1.54, 1.807) is 32.4 Å². The van der Waals surface area contributed by atoms with Crippen molar-refractivity contribution in [2.75, 3.05) is 34.0 Å². The third kappa shape index (κ3) is 9.60. The molecule has 0 saturated carbocycles. The fourth-order valence-corrected chi connectivity index (χ4v) is 4.16. The van der Waals surface area contributed by atoms with E-state index in [1.807, 2.05) is 12.1 Å². The van der Waals surface area contributed by atoms with Gasteiger partial charge in [-0.25, -0.2) is 0 Å². The van der Waals surface area contributed by atoms with Crippen LogP contribution in [0.2, 0.25) is 0 Å². The van der Waals surface area contributed by atoms with Crippen molar-refractivity contribution in [3.63, 3.8) is 0 Å². The van der Waals surface area contributed by atoms with E-state index in [4.69, 9.17) is 23.7 Å². The Labute approximate surface area is 224 Å². The number of ether oxygens (including phenoxy) is 5. The van der Waals surface area contributed by atoms with Gasteiger partial charge in [-0.2, -0.15) is 0 Å². The van der Waals surface area contributed by atoms with Crippen molar-refractivity contribution in [1.29, 1.82) is 0 Å². The summed E-state index contributed by atoms with van der Waals surface area (Å²) < 4.78 is 29.3. The van der Waals surface area contributed by atoms with Crippen LogP contribution in [0.5, 0.6) is 28.7 Å². The first-order valence-corrected chi connectivity index (χ1v) is 12.7. The van der Waals surface area contributed by atoms with Gasteiger partial charge in [0.15, 0.2) is 5.52 Å². The molecule has 0 N–H and O–H groups in total. The Kier molecular flexibility index (Phi) is 13.6. The molecule has 6 nitrogen and oxygen atoms in total. The van der Waals surface area contributed by atoms with Gasteiger partial charge in [0.25, 0.3) is 0 Å². The van der Waals surface area contributed by atoms with Gasteiger partial charge in [0.05, 0.1) is 39.3 Å². The van der Waals surface area contributed by atoms with E-state index in [2.05, 4.69) is 41.5 Å². The number of hydrogen-bond donors (Lipinski definition) is 0. The minimum absolute atomic E-state index is 0. The molecule has 0 aromatic heterocycles. The maximum atomic E-state index is 13.6. The van der Waals surface area contributed by atoms with Crippen molar-refractivity contribution in [1.82, 2.24) is 0 Å². The number of carbonyl (C=O) groups is 1. The van der Waals surface area contributed by atoms with Gasteiger partial charge in [-0.3, -0.25) is 4.79 Å². The molecular formula is C27H40LiO6P. The first kappa shape index (κ1) is 31.2. The van der Waals surface area contributed by atoms with E-state index in [0.717, 1.165) is 5.30 Å². The van der Waals surface area contributed by atoms with Gasteiger partial charge in [-0.15, -0.1) is 0 Å². The van der Waals surface area contributed by atoms with Gasteiger partial charge >= 0.3 is 18.9 Å². The second kappa shape index (κ2) is 15.3. The van der Waals surface area contributed by atoms with Crippen LogP contribution in [-0.2, 0) is 0 Å². The molecule has 2 rings (SSSR count). The van der Waals surface area contributed by atoms with Gasteiger partial charge in [-0.1, -0.05) is 47.6 Å². The monoisotopic (exact) mass is 498 g/mol. The number of methoxy groups -OCH3 is 2. The number of benzene rings is 2. The second-order valence-corrected chi connectivity index (χ2v) is 10.6. The molecule has 0 aliphatic rings. The van der Waals surface area contributed by atoms with Crippen molar-refractivity contribution < 1.29 is 28.5 Å². The molecule has 0 saturated heterocycles. The summed E-state index contributed by atoms with van der Waals surface area (Å²) in [5, 5.41) is 0.719. The van der Waals surface area contributed by atoms with Gasteiger partial charge in [0.2, 0.25) is 0 Å². The van der Waals surface area contributed by atoms with E-state index in [-0.39, 0.29) is 33.0 Å². The molecule has 0 amide bonds. The summed E-state index contributed by atoms with van der Waals surface area (Å²) in [7, 11) is 2.84. The van der Waals surface area contributed by atoms with Gasteiger partial charge in [0.1, 0.15) is 34.3 Å². The Hall–Kier alpha value is -1.86. The van der Waals surface area contributed by atoms with Crippen LogP contribution in [0.1, 0.15) is 51.9 Å². The molecule has 190 valence electrons. The van der Waals surface area contributed by atoms with Crippen LogP contribution in [0.15, 0.2) is 30.3 Å². The average Bonchev–Trinajstić information content (AvgIpc) is 2.80. The Balaban J connectivity index is 0.00000612. The topological polar surface area (TPSA) is 63.2 Å². The molecule has 1 unspecified atom stereocenters.